The van der Waals surface area contributed by atoms with Crippen LogP contribution >= 0.6 is 0 Å². The minimum absolute atomic E-state index is 0.0461. The third-order valence-electron chi connectivity index (χ3n) is 4.08. The number of nitrogens with one attached hydrogen (secondary N) is 2. The van der Waals surface area contributed by atoms with Crippen molar-refractivity contribution in [1.29, 1.82) is 0 Å². The Balaban J connectivity index is 1.78. The molecule has 1 aliphatic heterocycles. The Morgan fingerprint density at radius 3 is 2.81 bits per heavy atom. The average molecular weight is 381 g/mol. The van der Waals surface area contributed by atoms with Crippen LogP contribution in [0, 0.1) is 11.8 Å². The van der Waals surface area contributed by atoms with Crippen LogP contribution in [-0.4, -0.2) is 48.9 Å². The first-order valence-electron chi connectivity index (χ1n) is 8.66. The molecule has 1 aromatic rings. The maximum atomic E-state index is 12.6. The van der Waals surface area contributed by atoms with Crippen LogP contribution < -0.4 is 10.6 Å². The van der Waals surface area contributed by atoms with Gasteiger partial charge in [-0.3, -0.25) is 14.5 Å². The van der Waals surface area contributed by atoms with Crippen molar-refractivity contribution in [3.05, 3.63) is 35.4 Å². The number of amides is 2. The van der Waals surface area contributed by atoms with E-state index in [0.717, 1.165) is 31.5 Å². The number of rotatable bonds is 4. The number of hydrogen-bond acceptors (Lipinski definition) is 3. The quantitative estimate of drug-likeness (QED) is 0.782. The Bertz CT molecular complexity index is 738. The third kappa shape index (κ3) is 7.31. The molecule has 0 aromatic heterocycles. The topological polar surface area (TPSA) is 61.4 Å². The third-order valence-corrected chi connectivity index (χ3v) is 4.08. The normalized spacial score (nSPS) is 17.6. The fraction of sp³-hybridized carbons (Fsp3) is 0.474. The van der Waals surface area contributed by atoms with Crippen molar-refractivity contribution in [3.8, 4) is 11.8 Å². The van der Waals surface area contributed by atoms with Gasteiger partial charge in [0.05, 0.1) is 18.7 Å². The summed E-state index contributed by atoms with van der Waals surface area (Å²) >= 11 is 0. The first-order valence-corrected chi connectivity index (χ1v) is 8.66. The zero-order valence-corrected chi connectivity index (χ0v) is 15.0. The van der Waals surface area contributed by atoms with Crippen molar-refractivity contribution in [3.63, 3.8) is 0 Å². The number of carbonyl (C=O) groups is 2. The van der Waals surface area contributed by atoms with E-state index in [9.17, 15) is 22.8 Å². The largest absolute Gasteiger partial charge is 0.416 e. The molecule has 0 radical (unpaired) electrons. The van der Waals surface area contributed by atoms with Crippen LogP contribution in [0.25, 0.3) is 0 Å². The SMILES string of the molecule is CC(=O)NC1CCCN(CC(=O)NCC#Cc2cccc(C(F)(F)F)c2)C1. The minimum atomic E-state index is -4.41. The summed E-state index contributed by atoms with van der Waals surface area (Å²) in [5, 5.41) is 5.49. The number of halogens is 3. The van der Waals surface area contributed by atoms with Gasteiger partial charge in [0.25, 0.3) is 0 Å². The van der Waals surface area contributed by atoms with Crippen molar-refractivity contribution in [2.75, 3.05) is 26.2 Å². The number of hydrogen-bond donors (Lipinski definition) is 2. The van der Waals surface area contributed by atoms with Crippen molar-refractivity contribution in [2.45, 2.75) is 32.0 Å². The number of carbonyl (C=O) groups excluding carboxylic acids is 2. The van der Waals surface area contributed by atoms with Crippen molar-refractivity contribution < 1.29 is 22.8 Å². The lowest BCUT2D eigenvalue weighted by Crippen LogP contribution is -2.49. The van der Waals surface area contributed by atoms with Crippen LogP contribution in [0.1, 0.15) is 30.9 Å². The van der Waals surface area contributed by atoms with Crippen LogP contribution in [0.3, 0.4) is 0 Å². The second kappa shape index (κ2) is 9.42. The maximum Gasteiger partial charge on any atom is 0.416 e. The summed E-state index contributed by atoms with van der Waals surface area (Å²) in [7, 11) is 0. The molecule has 1 fully saturated rings. The zero-order chi connectivity index (χ0) is 19.9. The van der Waals surface area contributed by atoms with Gasteiger partial charge in [0, 0.05) is 25.1 Å². The van der Waals surface area contributed by atoms with E-state index in [2.05, 4.69) is 22.5 Å². The highest BCUT2D eigenvalue weighted by Gasteiger charge is 2.30. The number of nitrogens with zero attached hydrogens (tertiary/aromatic N) is 1. The molecule has 1 aromatic carbocycles. The lowest BCUT2D eigenvalue weighted by atomic mass is 10.1. The van der Waals surface area contributed by atoms with E-state index in [0.29, 0.717) is 6.54 Å². The minimum Gasteiger partial charge on any atom is -0.352 e. The number of benzene rings is 1. The summed E-state index contributed by atoms with van der Waals surface area (Å²) < 4.78 is 37.9. The number of alkyl halides is 3. The maximum absolute atomic E-state index is 12.6. The molecule has 1 saturated heterocycles. The molecule has 1 unspecified atom stereocenters. The van der Waals surface area contributed by atoms with Crippen LogP contribution in [0.4, 0.5) is 13.2 Å². The molecule has 2 amide bonds. The molecule has 0 bridgehead atoms. The van der Waals surface area contributed by atoms with Gasteiger partial charge >= 0.3 is 6.18 Å². The van der Waals surface area contributed by atoms with E-state index in [4.69, 9.17) is 0 Å². The van der Waals surface area contributed by atoms with Gasteiger partial charge in [-0.1, -0.05) is 17.9 Å². The Hall–Kier alpha value is -2.53. The molecule has 0 aliphatic carbocycles. The van der Waals surface area contributed by atoms with Crippen LogP contribution in [0.15, 0.2) is 24.3 Å². The second-order valence-corrected chi connectivity index (χ2v) is 6.43. The molecule has 2 rings (SSSR count). The smallest absolute Gasteiger partial charge is 0.352 e. The van der Waals surface area contributed by atoms with Gasteiger partial charge in [-0.05, 0) is 37.6 Å². The van der Waals surface area contributed by atoms with E-state index in [1.54, 1.807) is 0 Å². The summed E-state index contributed by atoms with van der Waals surface area (Å²) in [6.07, 6.45) is -2.62. The summed E-state index contributed by atoms with van der Waals surface area (Å²) in [5.74, 6) is 4.98. The van der Waals surface area contributed by atoms with Crippen LogP contribution in [0.2, 0.25) is 0 Å². The molecule has 1 atom stereocenters. The highest BCUT2D eigenvalue weighted by Crippen LogP contribution is 2.29. The molecule has 146 valence electrons. The zero-order valence-electron chi connectivity index (χ0n) is 15.0. The molecule has 5 nitrogen and oxygen atoms in total. The summed E-state index contributed by atoms with van der Waals surface area (Å²) in [6, 6.07) is 4.79. The first kappa shape index (κ1) is 20.8. The molecular weight excluding hydrogens is 359 g/mol. The second-order valence-electron chi connectivity index (χ2n) is 6.43. The Kier molecular flexibility index (Phi) is 7.25. The highest BCUT2D eigenvalue weighted by molar-refractivity contribution is 5.78. The van der Waals surface area contributed by atoms with Gasteiger partial charge < -0.3 is 10.6 Å². The van der Waals surface area contributed by atoms with Crippen molar-refractivity contribution >= 4 is 11.8 Å². The fourth-order valence-corrected chi connectivity index (χ4v) is 2.93. The van der Waals surface area contributed by atoms with Gasteiger partial charge in [0.1, 0.15) is 0 Å². The molecule has 1 heterocycles. The Labute approximate surface area is 156 Å². The summed E-state index contributed by atoms with van der Waals surface area (Å²) in [5.41, 5.74) is -0.509. The fourth-order valence-electron chi connectivity index (χ4n) is 2.93. The molecule has 27 heavy (non-hydrogen) atoms. The lowest BCUT2D eigenvalue weighted by molar-refractivity contribution is -0.137. The van der Waals surface area contributed by atoms with Gasteiger partial charge in [-0.2, -0.15) is 13.2 Å². The van der Waals surface area contributed by atoms with E-state index < -0.39 is 11.7 Å². The monoisotopic (exact) mass is 381 g/mol. The standard InChI is InChI=1S/C19H22F3N3O2/c1-14(26)24-17-8-4-10-25(12-17)13-18(27)23-9-3-6-15-5-2-7-16(11-15)19(20,21)22/h2,5,7,11,17H,4,8-10,12-13H2,1H3,(H,23,27)(H,24,26). The Morgan fingerprint density at radius 2 is 2.11 bits per heavy atom. The predicted octanol–water partition coefficient (Wildman–Crippen LogP) is 1.77. The first-order chi connectivity index (χ1) is 12.7. The van der Waals surface area contributed by atoms with E-state index in [1.165, 1.54) is 19.1 Å². The van der Waals surface area contributed by atoms with Gasteiger partial charge in [-0.15, -0.1) is 0 Å². The summed E-state index contributed by atoms with van der Waals surface area (Å²) in [4.78, 5) is 25.1. The predicted molar refractivity (Wildman–Crippen MR) is 94.6 cm³/mol. The Morgan fingerprint density at radius 1 is 1.33 bits per heavy atom. The van der Waals surface area contributed by atoms with Crippen LogP contribution in [0.5, 0.6) is 0 Å². The van der Waals surface area contributed by atoms with E-state index >= 15 is 0 Å². The van der Waals surface area contributed by atoms with Gasteiger partial charge in [-0.25, -0.2) is 0 Å². The average Bonchev–Trinajstić information content (AvgIpc) is 2.58. The number of likely N-dealkylation sites (tertiary alicyclic amines) is 1. The molecule has 8 heteroatoms. The van der Waals surface area contributed by atoms with Crippen LogP contribution in [-0.2, 0) is 15.8 Å². The van der Waals surface area contributed by atoms with Crippen molar-refractivity contribution in [1.82, 2.24) is 15.5 Å². The molecule has 0 spiro atoms. The van der Waals surface area contributed by atoms with E-state index in [-0.39, 0.29) is 36.5 Å². The summed E-state index contributed by atoms with van der Waals surface area (Å²) in [6.45, 7) is 3.11. The van der Waals surface area contributed by atoms with Crippen molar-refractivity contribution in [2.24, 2.45) is 0 Å². The molecular formula is C19H22F3N3O2. The molecule has 2 N–H and O–H groups in total. The highest BCUT2D eigenvalue weighted by atomic mass is 19.4. The number of piperidine rings is 1. The van der Waals surface area contributed by atoms with E-state index in [1.807, 2.05) is 4.90 Å². The molecule has 0 saturated carbocycles. The van der Waals surface area contributed by atoms with Gasteiger partial charge in [0.2, 0.25) is 11.8 Å². The lowest BCUT2D eigenvalue weighted by Gasteiger charge is -2.32. The van der Waals surface area contributed by atoms with Gasteiger partial charge in [0.15, 0.2) is 0 Å². The molecule has 1 aliphatic rings.